The summed E-state index contributed by atoms with van der Waals surface area (Å²) in [6, 6.07) is 17.9. The summed E-state index contributed by atoms with van der Waals surface area (Å²) in [5.41, 5.74) is 7.71. The largest absolute Gasteiger partial charge is 0.322 e. The lowest BCUT2D eigenvalue weighted by molar-refractivity contribution is 0.102. The molecule has 3 aromatic carbocycles. The van der Waals surface area contributed by atoms with Gasteiger partial charge in [-0.1, -0.05) is 17.7 Å². The van der Waals surface area contributed by atoms with Gasteiger partial charge in [0.1, 0.15) is 5.82 Å². The van der Waals surface area contributed by atoms with Crippen LogP contribution in [-0.2, 0) is 0 Å². The van der Waals surface area contributed by atoms with E-state index in [0.29, 0.717) is 11.3 Å². The maximum absolute atomic E-state index is 13.4. The molecule has 0 aliphatic rings. The summed E-state index contributed by atoms with van der Waals surface area (Å²) in [5.74, 6) is -0.500. The van der Waals surface area contributed by atoms with Crippen molar-refractivity contribution in [3.05, 3.63) is 94.3 Å². The van der Waals surface area contributed by atoms with E-state index in [1.54, 1.807) is 18.2 Å². The van der Waals surface area contributed by atoms with Crippen molar-refractivity contribution in [1.82, 2.24) is 4.98 Å². The number of fused-ring (bicyclic) bond motifs is 1. The molecule has 0 saturated heterocycles. The van der Waals surface area contributed by atoms with E-state index in [4.69, 9.17) is 4.98 Å². The number of nitrogens with one attached hydrogen (secondary N) is 1. The average Bonchev–Trinajstić information content (AvgIpc) is 2.67. The summed E-state index contributed by atoms with van der Waals surface area (Å²) >= 11 is 0. The fourth-order valence-corrected chi connectivity index (χ4v) is 3.88. The van der Waals surface area contributed by atoms with E-state index in [1.165, 1.54) is 12.1 Å². The van der Waals surface area contributed by atoms with Gasteiger partial charge in [0.05, 0.1) is 16.8 Å². The first kappa shape index (κ1) is 19.8. The Morgan fingerprint density at radius 1 is 0.833 bits per heavy atom. The Labute approximate surface area is 175 Å². The number of hydrogen-bond donors (Lipinski definition) is 1. The van der Waals surface area contributed by atoms with Gasteiger partial charge < -0.3 is 5.32 Å². The smallest absolute Gasteiger partial charge is 0.256 e. The highest BCUT2D eigenvalue weighted by atomic mass is 19.1. The molecule has 4 aromatic rings. The molecule has 1 aromatic heterocycles. The quantitative estimate of drug-likeness (QED) is 0.426. The Hall–Kier alpha value is -3.53. The average molecular weight is 398 g/mol. The minimum absolute atomic E-state index is 0.194. The number of halogens is 1. The number of rotatable bonds is 3. The second-order valence-corrected chi connectivity index (χ2v) is 7.87. The van der Waals surface area contributed by atoms with E-state index in [1.807, 2.05) is 45.9 Å². The van der Waals surface area contributed by atoms with Crippen LogP contribution in [0.5, 0.6) is 0 Å². The van der Waals surface area contributed by atoms with Gasteiger partial charge in [-0.3, -0.25) is 4.79 Å². The fraction of sp³-hybridized carbons (Fsp3) is 0.154. The second-order valence-electron chi connectivity index (χ2n) is 7.87. The molecule has 1 N–H and O–H groups in total. The number of hydrogen-bond acceptors (Lipinski definition) is 2. The van der Waals surface area contributed by atoms with Gasteiger partial charge in [-0.05, 0) is 92.9 Å². The third kappa shape index (κ3) is 3.94. The van der Waals surface area contributed by atoms with Gasteiger partial charge >= 0.3 is 0 Å². The zero-order chi connectivity index (χ0) is 21.4. The Morgan fingerprint density at radius 2 is 1.47 bits per heavy atom. The summed E-state index contributed by atoms with van der Waals surface area (Å²) in [5, 5.41) is 3.84. The second kappa shape index (κ2) is 7.71. The van der Waals surface area contributed by atoms with Crippen LogP contribution in [0.2, 0.25) is 0 Å². The molecular formula is C26H23FN2O. The molecule has 0 aliphatic heterocycles. The standard InChI is InChI=1S/C26H23FN2O/c1-15-9-16(2)12-21(11-15)28-26(30)23-14-24(19-5-7-20(27)8-6-19)29-25-18(4)10-17(3)13-22(23)25/h5-14H,1-4H3,(H,28,30). The number of benzene rings is 3. The molecule has 0 saturated carbocycles. The van der Waals surface area contributed by atoms with Crippen LogP contribution in [0, 0.1) is 33.5 Å². The SMILES string of the molecule is Cc1cc(C)cc(NC(=O)c2cc(-c3ccc(F)cc3)nc3c(C)cc(C)cc23)c1. The number of carbonyl (C=O) groups is 1. The minimum Gasteiger partial charge on any atom is -0.322 e. The van der Waals surface area contributed by atoms with Crippen molar-refractivity contribution < 1.29 is 9.18 Å². The monoisotopic (exact) mass is 398 g/mol. The first-order valence-electron chi connectivity index (χ1n) is 9.88. The molecule has 0 aliphatic carbocycles. The number of anilines is 1. The first-order chi connectivity index (χ1) is 14.3. The highest BCUT2D eigenvalue weighted by molar-refractivity contribution is 6.13. The van der Waals surface area contributed by atoms with Gasteiger partial charge in [0, 0.05) is 16.6 Å². The minimum atomic E-state index is -0.306. The molecular weight excluding hydrogens is 375 g/mol. The van der Waals surface area contributed by atoms with Crippen molar-refractivity contribution in [3.8, 4) is 11.3 Å². The zero-order valence-corrected chi connectivity index (χ0v) is 17.5. The lowest BCUT2D eigenvalue weighted by Gasteiger charge is -2.13. The van der Waals surface area contributed by atoms with Gasteiger partial charge in [0.15, 0.2) is 0 Å². The molecule has 4 rings (SSSR count). The summed E-state index contributed by atoms with van der Waals surface area (Å²) in [6.07, 6.45) is 0. The summed E-state index contributed by atoms with van der Waals surface area (Å²) in [6.45, 7) is 8.00. The van der Waals surface area contributed by atoms with Gasteiger partial charge in [-0.15, -0.1) is 0 Å². The Balaban J connectivity index is 1.87. The highest BCUT2D eigenvalue weighted by Gasteiger charge is 2.16. The molecule has 0 fully saturated rings. The third-order valence-electron chi connectivity index (χ3n) is 5.11. The van der Waals surface area contributed by atoms with E-state index in [2.05, 4.69) is 17.4 Å². The van der Waals surface area contributed by atoms with Crippen LogP contribution in [0.1, 0.15) is 32.6 Å². The third-order valence-corrected chi connectivity index (χ3v) is 5.11. The molecule has 0 radical (unpaired) electrons. The number of carbonyl (C=O) groups excluding carboxylic acids is 1. The predicted octanol–water partition coefficient (Wildman–Crippen LogP) is 6.53. The maximum atomic E-state index is 13.4. The predicted molar refractivity (Wildman–Crippen MR) is 120 cm³/mol. The Bertz CT molecular complexity index is 1260. The van der Waals surface area contributed by atoms with Crippen LogP contribution >= 0.6 is 0 Å². The topological polar surface area (TPSA) is 42.0 Å². The van der Waals surface area contributed by atoms with Gasteiger partial charge in [-0.25, -0.2) is 9.37 Å². The van der Waals surface area contributed by atoms with Crippen molar-refractivity contribution >= 4 is 22.5 Å². The maximum Gasteiger partial charge on any atom is 0.256 e. The summed E-state index contributed by atoms with van der Waals surface area (Å²) in [4.78, 5) is 18.1. The molecule has 0 spiro atoms. The Morgan fingerprint density at radius 3 is 2.13 bits per heavy atom. The lowest BCUT2D eigenvalue weighted by Crippen LogP contribution is -2.13. The number of pyridine rings is 1. The molecule has 150 valence electrons. The molecule has 4 heteroatoms. The molecule has 0 bridgehead atoms. The fourth-order valence-electron chi connectivity index (χ4n) is 3.88. The number of amides is 1. The van der Waals surface area contributed by atoms with E-state index >= 15 is 0 Å². The first-order valence-corrected chi connectivity index (χ1v) is 9.88. The van der Waals surface area contributed by atoms with E-state index < -0.39 is 0 Å². The van der Waals surface area contributed by atoms with Crippen molar-refractivity contribution in [2.75, 3.05) is 5.32 Å². The molecule has 0 unspecified atom stereocenters. The van der Waals surface area contributed by atoms with Gasteiger partial charge in [0.2, 0.25) is 0 Å². The Kier molecular flexibility index (Phi) is 5.08. The molecule has 1 amide bonds. The van der Waals surface area contributed by atoms with E-state index in [0.717, 1.165) is 44.4 Å². The van der Waals surface area contributed by atoms with E-state index in [9.17, 15) is 9.18 Å². The normalized spacial score (nSPS) is 11.0. The van der Waals surface area contributed by atoms with Gasteiger partial charge in [0.25, 0.3) is 5.91 Å². The molecule has 0 atom stereocenters. The van der Waals surface area contributed by atoms with Crippen molar-refractivity contribution in [2.45, 2.75) is 27.7 Å². The van der Waals surface area contributed by atoms with Crippen LogP contribution in [0.4, 0.5) is 10.1 Å². The molecule has 30 heavy (non-hydrogen) atoms. The van der Waals surface area contributed by atoms with Crippen molar-refractivity contribution in [2.24, 2.45) is 0 Å². The number of aromatic nitrogens is 1. The zero-order valence-electron chi connectivity index (χ0n) is 17.5. The number of aryl methyl sites for hydroxylation is 4. The lowest BCUT2D eigenvalue weighted by atomic mass is 9.99. The van der Waals surface area contributed by atoms with Crippen LogP contribution in [0.3, 0.4) is 0 Å². The summed E-state index contributed by atoms with van der Waals surface area (Å²) in [7, 11) is 0. The van der Waals surface area contributed by atoms with Crippen LogP contribution in [0.15, 0.2) is 60.7 Å². The van der Waals surface area contributed by atoms with Crippen LogP contribution in [0.25, 0.3) is 22.2 Å². The number of nitrogens with zero attached hydrogens (tertiary/aromatic N) is 1. The van der Waals surface area contributed by atoms with Crippen LogP contribution in [-0.4, -0.2) is 10.9 Å². The van der Waals surface area contributed by atoms with Crippen LogP contribution < -0.4 is 5.32 Å². The van der Waals surface area contributed by atoms with Gasteiger partial charge in [-0.2, -0.15) is 0 Å². The van der Waals surface area contributed by atoms with Crippen molar-refractivity contribution in [1.29, 1.82) is 0 Å². The molecule has 3 nitrogen and oxygen atoms in total. The van der Waals surface area contributed by atoms with Crippen molar-refractivity contribution in [3.63, 3.8) is 0 Å². The highest BCUT2D eigenvalue weighted by Crippen LogP contribution is 2.29. The summed E-state index contributed by atoms with van der Waals surface area (Å²) < 4.78 is 13.4. The molecule has 1 heterocycles. The van der Waals surface area contributed by atoms with E-state index in [-0.39, 0.29) is 11.7 Å².